The Hall–Kier alpha value is -2.47. The number of likely N-dealkylation sites (tertiary alicyclic amines) is 2. The van der Waals surface area contributed by atoms with Crippen LogP contribution in [0.5, 0.6) is 0 Å². The van der Waals surface area contributed by atoms with E-state index in [4.69, 9.17) is 23.2 Å². The van der Waals surface area contributed by atoms with E-state index < -0.39 is 0 Å². The van der Waals surface area contributed by atoms with Crippen molar-refractivity contribution >= 4 is 46.3 Å². The summed E-state index contributed by atoms with van der Waals surface area (Å²) in [4.78, 5) is 48.8. The average molecular weight is 730 g/mol. The van der Waals surface area contributed by atoms with Crippen molar-refractivity contribution in [3.8, 4) is 0 Å². The summed E-state index contributed by atoms with van der Waals surface area (Å²) in [7, 11) is 0. The molecule has 6 atom stereocenters. The third kappa shape index (κ3) is 6.88. The summed E-state index contributed by atoms with van der Waals surface area (Å²) in [5, 5.41) is 6.75. The Morgan fingerprint density at radius 3 is 1.42 bits per heavy atom. The number of hydrogen-bond donors (Lipinski definition) is 2. The molecule has 50 heavy (non-hydrogen) atoms. The summed E-state index contributed by atoms with van der Waals surface area (Å²) in [5.74, 6) is 0. The molecule has 1 aromatic carbocycles. The van der Waals surface area contributed by atoms with Gasteiger partial charge in [-0.2, -0.15) is 0 Å². The van der Waals surface area contributed by atoms with Gasteiger partial charge in [0.25, 0.3) is 0 Å². The first kappa shape index (κ1) is 34.6. The zero-order valence-electron chi connectivity index (χ0n) is 29.2. The lowest BCUT2D eigenvalue weighted by Crippen LogP contribution is -2.50. The van der Waals surface area contributed by atoms with Gasteiger partial charge in [-0.3, -0.25) is 9.13 Å². The molecule has 274 valence electrons. The number of amides is 4. The van der Waals surface area contributed by atoms with Crippen LogP contribution in [0.1, 0.15) is 77.0 Å². The number of para-hydroxylation sites is 2. The number of aryl methyl sites for hydroxylation is 2. The highest BCUT2D eigenvalue weighted by molar-refractivity contribution is 6.21. The largest absolute Gasteiger partial charge is 0.333 e. The Balaban J connectivity index is 0.802. The number of rotatable bonds is 10. The van der Waals surface area contributed by atoms with Crippen molar-refractivity contribution in [3.63, 3.8) is 0 Å². The lowest BCUT2D eigenvalue weighted by atomic mass is 9.89. The number of urea groups is 2. The van der Waals surface area contributed by atoms with Gasteiger partial charge < -0.3 is 30.2 Å². The molecule has 0 bridgehead atoms. The van der Waals surface area contributed by atoms with Crippen molar-refractivity contribution in [2.75, 3.05) is 39.3 Å². The van der Waals surface area contributed by atoms with Crippen LogP contribution in [0.15, 0.2) is 29.1 Å². The van der Waals surface area contributed by atoms with E-state index in [0.717, 1.165) is 127 Å². The van der Waals surface area contributed by atoms with E-state index in [0.29, 0.717) is 37.3 Å². The van der Waals surface area contributed by atoms with E-state index in [9.17, 15) is 14.4 Å². The third-order valence-electron chi connectivity index (χ3n) is 12.8. The lowest BCUT2D eigenvalue weighted by molar-refractivity contribution is 0.101. The minimum Gasteiger partial charge on any atom is -0.333 e. The van der Waals surface area contributed by atoms with Gasteiger partial charge in [-0.05, 0) is 102 Å². The molecule has 0 radical (unpaired) electrons. The molecule has 4 aliphatic heterocycles. The van der Waals surface area contributed by atoms with Gasteiger partial charge in [0.15, 0.2) is 0 Å². The number of hydrogen-bond acceptors (Lipinski definition) is 5. The second-order valence-electron chi connectivity index (χ2n) is 15.8. The number of nitrogens with zero attached hydrogens (tertiary/aromatic N) is 6. The maximum atomic E-state index is 13.8. The van der Waals surface area contributed by atoms with Crippen LogP contribution in [0.3, 0.4) is 0 Å². The maximum absolute atomic E-state index is 13.8. The van der Waals surface area contributed by atoms with Crippen LogP contribution in [0, 0.1) is 0 Å². The summed E-state index contributed by atoms with van der Waals surface area (Å²) < 4.78 is 3.95. The Kier molecular flexibility index (Phi) is 10.3. The summed E-state index contributed by atoms with van der Waals surface area (Å²) in [6.07, 6.45) is 11.6. The van der Waals surface area contributed by atoms with Crippen molar-refractivity contribution < 1.29 is 9.59 Å². The van der Waals surface area contributed by atoms with E-state index in [1.807, 2.05) is 21.3 Å². The molecule has 2 saturated carbocycles. The first-order chi connectivity index (χ1) is 24.3. The highest BCUT2D eigenvalue weighted by atomic mass is 35.5. The third-order valence-corrected chi connectivity index (χ3v) is 13.6. The number of carbonyl (C=O) groups excluding carboxylic acids is 2. The first-order valence-corrected chi connectivity index (χ1v) is 20.3. The van der Waals surface area contributed by atoms with E-state index >= 15 is 0 Å². The van der Waals surface area contributed by atoms with Crippen molar-refractivity contribution in [2.45, 2.75) is 137 Å². The SMILES string of the molecule is O=C1NC2CC(Cl)CCC2N1C1CCN(CCCn2c(=O)n(CCCN3CCC(N4C(=O)NC5CC(Cl)CCC54)CC3)c3ccccc32)CC1. The zero-order valence-corrected chi connectivity index (χ0v) is 30.7. The number of benzene rings is 1. The molecule has 5 heterocycles. The van der Waals surface area contributed by atoms with E-state index in [-0.39, 0.29) is 40.6 Å². The highest BCUT2D eigenvalue weighted by Crippen LogP contribution is 2.35. The van der Waals surface area contributed by atoms with Crippen LogP contribution in [-0.2, 0) is 13.1 Å². The smallest absolute Gasteiger partial charge is 0.329 e. The molecule has 13 heteroatoms. The van der Waals surface area contributed by atoms with Crippen LogP contribution in [-0.4, -0.2) is 127 Å². The van der Waals surface area contributed by atoms with Crippen LogP contribution < -0.4 is 16.3 Å². The second-order valence-corrected chi connectivity index (χ2v) is 17.0. The molecule has 6 fully saturated rings. The van der Waals surface area contributed by atoms with Gasteiger partial charge in [-0.25, -0.2) is 14.4 Å². The standard InChI is InChI=1S/C37H54Cl2N8O3/c38-25-7-9-31-29(23-25)40-35(48)46(31)27-11-19-42(20-12-27)15-3-17-44-33-5-1-2-6-34(33)45(37(44)50)18-4-16-43-21-13-28(14-22-43)47-32-10-8-26(39)24-30(32)41-36(47)49/h1-2,5-6,25-32H,3-4,7-24H2,(H,40,48)(H,41,49). The number of halogens is 2. The Bertz CT molecular complexity index is 1470. The van der Waals surface area contributed by atoms with Crippen LogP contribution in [0.25, 0.3) is 11.0 Å². The molecule has 6 unspecified atom stereocenters. The van der Waals surface area contributed by atoms with Crippen LogP contribution in [0.4, 0.5) is 9.59 Å². The van der Waals surface area contributed by atoms with Gasteiger partial charge in [0.05, 0.1) is 35.2 Å². The minimum atomic E-state index is 0.0890. The number of fused-ring (bicyclic) bond motifs is 3. The summed E-state index contributed by atoms with van der Waals surface area (Å²) >= 11 is 12.8. The van der Waals surface area contributed by atoms with Crippen molar-refractivity contribution in [2.24, 2.45) is 0 Å². The second kappa shape index (κ2) is 14.9. The van der Waals surface area contributed by atoms with Gasteiger partial charge in [0.1, 0.15) is 0 Å². The molecular weight excluding hydrogens is 675 g/mol. The topological polar surface area (TPSA) is 98.1 Å². The van der Waals surface area contributed by atoms with Gasteiger partial charge in [-0.1, -0.05) is 12.1 Å². The Morgan fingerprint density at radius 1 is 0.580 bits per heavy atom. The highest BCUT2D eigenvalue weighted by Gasteiger charge is 2.47. The quantitative estimate of drug-likeness (QED) is 0.348. The number of nitrogens with one attached hydrogen (secondary N) is 2. The van der Waals surface area contributed by atoms with E-state index in [1.54, 1.807) is 0 Å². The molecular formula is C37H54Cl2N8O3. The monoisotopic (exact) mass is 728 g/mol. The minimum absolute atomic E-state index is 0.0890. The molecule has 2 aliphatic carbocycles. The zero-order chi connectivity index (χ0) is 34.4. The molecule has 4 saturated heterocycles. The average Bonchev–Trinajstić information content (AvgIpc) is 3.71. The first-order valence-electron chi connectivity index (χ1n) is 19.4. The van der Waals surface area contributed by atoms with Gasteiger partial charge in [-0.15, -0.1) is 23.2 Å². The van der Waals surface area contributed by atoms with Gasteiger partial charge >= 0.3 is 17.8 Å². The predicted octanol–water partition coefficient (Wildman–Crippen LogP) is 4.62. The fourth-order valence-electron chi connectivity index (χ4n) is 10.3. The molecule has 2 aromatic rings. The molecule has 11 nitrogen and oxygen atoms in total. The number of alkyl halides is 2. The van der Waals surface area contributed by atoms with Crippen molar-refractivity contribution in [1.82, 2.24) is 39.4 Å². The summed E-state index contributed by atoms with van der Waals surface area (Å²) in [6.45, 7) is 7.25. The number of piperidine rings is 2. The normalized spacial score (nSPS) is 31.6. The molecule has 8 rings (SSSR count). The number of carbonyl (C=O) groups is 2. The molecule has 1 aromatic heterocycles. The molecule has 0 spiro atoms. The van der Waals surface area contributed by atoms with Gasteiger partial charge in [0.2, 0.25) is 0 Å². The molecule has 6 aliphatic rings. The molecule has 2 N–H and O–H groups in total. The Labute approximate surface area is 305 Å². The van der Waals surface area contributed by atoms with E-state index in [2.05, 4.69) is 42.4 Å². The lowest BCUT2D eigenvalue weighted by Gasteiger charge is -2.40. The Morgan fingerprint density at radius 2 is 1.00 bits per heavy atom. The predicted molar refractivity (Wildman–Crippen MR) is 197 cm³/mol. The fraction of sp³-hybridized carbons (Fsp3) is 0.757. The van der Waals surface area contributed by atoms with Crippen LogP contribution in [0.2, 0.25) is 0 Å². The fourth-order valence-corrected chi connectivity index (χ4v) is 10.9. The van der Waals surface area contributed by atoms with Gasteiger partial charge in [0, 0.05) is 62.1 Å². The van der Waals surface area contributed by atoms with Crippen molar-refractivity contribution in [1.29, 1.82) is 0 Å². The van der Waals surface area contributed by atoms with Crippen molar-refractivity contribution in [3.05, 3.63) is 34.7 Å². The summed E-state index contributed by atoms with van der Waals surface area (Å²) in [5.41, 5.74) is 2.12. The number of aromatic nitrogens is 2. The van der Waals surface area contributed by atoms with Crippen LogP contribution >= 0.6 is 23.2 Å². The number of imidazole rings is 1. The maximum Gasteiger partial charge on any atom is 0.329 e. The van der Waals surface area contributed by atoms with E-state index in [1.165, 1.54) is 0 Å². The summed E-state index contributed by atoms with van der Waals surface area (Å²) in [6, 6.07) is 9.99. The molecule has 4 amide bonds.